The summed E-state index contributed by atoms with van der Waals surface area (Å²) >= 11 is 0. The van der Waals surface area contributed by atoms with Crippen LogP contribution >= 0.6 is 0 Å². The summed E-state index contributed by atoms with van der Waals surface area (Å²) in [6.07, 6.45) is 2.06. The average Bonchev–Trinajstić information content (AvgIpc) is 3.52. The van der Waals surface area contributed by atoms with E-state index in [1.54, 1.807) is 12.1 Å². The Morgan fingerprint density at radius 1 is 1.06 bits per heavy atom. The Hall–Kier alpha value is -3.42. The largest absolute Gasteiger partial charge is 0.445 e. The van der Waals surface area contributed by atoms with Crippen molar-refractivity contribution in [2.24, 2.45) is 11.3 Å². The maximum absolute atomic E-state index is 13.4. The lowest BCUT2D eigenvalue weighted by Crippen LogP contribution is -2.51. The molecule has 2 aromatic carbocycles. The van der Waals surface area contributed by atoms with Crippen LogP contribution in [0.25, 0.3) is 0 Å². The SMILES string of the molecule is CC(C)[C@@H](NC(=O)OCc1ccccc1)C(=O)NC1CC12CCN(C(=O)Cc1cccc(F)c1)CC2. The Bertz CT molecular complexity index is 1080. The maximum atomic E-state index is 13.4. The van der Waals surface area contributed by atoms with Crippen LogP contribution in [0.15, 0.2) is 54.6 Å². The van der Waals surface area contributed by atoms with Crippen LogP contribution in [-0.2, 0) is 27.4 Å². The van der Waals surface area contributed by atoms with Crippen molar-refractivity contribution < 1.29 is 23.5 Å². The second-order valence-corrected chi connectivity index (χ2v) is 10.2. The first-order valence-corrected chi connectivity index (χ1v) is 12.6. The van der Waals surface area contributed by atoms with Crippen molar-refractivity contribution >= 4 is 17.9 Å². The highest BCUT2D eigenvalue weighted by molar-refractivity contribution is 5.86. The monoisotopic (exact) mass is 495 g/mol. The number of alkyl carbamates (subject to hydrolysis) is 1. The van der Waals surface area contributed by atoms with Crippen molar-refractivity contribution in [3.05, 3.63) is 71.5 Å². The Kier molecular flexibility index (Phi) is 7.91. The minimum absolute atomic E-state index is 0.000638. The predicted molar refractivity (Wildman–Crippen MR) is 133 cm³/mol. The number of halogens is 1. The molecule has 2 aliphatic rings. The molecule has 4 rings (SSSR count). The van der Waals surface area contributed by atoms with Crippen LogP contribution in [0.2, 0.25) is 0 Å². The van der Waals surface area contributed by atoms with E-state index in [1.165, 1.54) is 12.1 Å². The molecule has 0 aromatic heterocycles. The van der Waals surface area contributed by atoms with Gasteiger partial charge in [-0.3, -0.25) is 9.59 Å². The Balaban J connectivity index is 1.23. The molecular weight excluding hydrogens is 461 g/mol. The van der Waals surface area contributed by atoms with Gasteiger partial charge in [-0.1, -0.05) is 56.3 Å². The summed E-state index contributed by atoms with van der Waals surface area (Å²) in [4.78, 5) is 39.8. The summed E-state index contributed by atoms with van der Waals surface area (Å²) in [5.41, 5.74) is 1.55. The number of carbonyl (C=O) groups excluding carboxylic acids is 3. The summed E-state index contributed by atoms with van der Waals surface area (Å²) in [6.45, 7) is 5.15. The summed E-state index contributed by atoms with van der Waals surface area (Å²) < 4.78 is 18.7. The molecule has 1 aliphatic carbocycles. The molecule has 2 N–H and O–H groups in total. The van der Waals surface area contributed by atoms with Crippen molar-refractivity contribution in [3.63, 3.8) is 0 Å². The fourth-order valence-electron chi connectivity index (χ4n) is 4.93. The summed E-state index contributed by atoms with van der Waals surface area (Å²) in [6, 6.07) is 14.8. The van der Waals surface area contributed by atoms with Crippen LogP contribution in [0.4, 0.5) is 9.18 Å². The van der Waals surface area contributed by atoms with E-state index in [0.717, 1.165) is 24.8 Å². The Morgan fingerprint density at radius 2 is 1.75 bits per heavy atom. The van der Waals surface area contributed by atoms with Crippen molar-refractivity contribution in [3.8, 4) is 0 Å². The van der Waals surface area contributed by atoms with Crippen molar-refractivity contribution in [1.29, 1.82) is 0 Å². The number of amides is 3. The molecule has 0 radical (unpaired) electrons. The molecule has 192 valence electrons. The van der Waals surface area contributed by atoms with Crippen LogP contribution in [0.5, 0.6) is 0 Å². The molecule has 36 heavy (non-hydrogen) atoms. The second kappa shape index (κ2) is 11.1. The minimum Gasteiger partial charge on any atom is -0.445 e. The predicted octanol–water partition coefficient (Wildman–Crippen LogP) is 3.82. The zero-order chi connectivity index (χ0) is 25.7. The number of hydrogen-bond donors (Lipinski definition) is 2. The molecule has 1 spiro atoms. The quantitative estimate of drug-likeness (QED) is 0.583. The Labute approximate surface area is 211 Å². The van der Waals surface area contributed by atoms with Gasteiger partial charge in [0.15, 0.2) is 0 Å². The lowest BCUT2D eigenvalue weighted by atomic mass is 9.92. The highest BCUT2D eigenvalue weighted by Gasteiger charge is 2.56. The molecule has 2 fully saturated rings. The van der Waals surface area contributed by atoms with E-state index in [1.807, 2.05) is 49.1 Å². The molecule has 1 saturated carbocycles. The van der Waals surface area contributed by atoms with Gasteiger partial charge < -0.3 is 20.3 Å². The van der Waals surface area contributed by atoms with Crippen LogP contribution in [0.1, 0.15) is 44.2 Å². The van der Waals surface area contributed by atoms with Gasteiger partial charge in [-0.05, 0) is 53.9 Å². The van der Waals surface area contributed by atoms with Gasteiger partial charge in [-0.25, -0.2) is 9.18 Å². The molecule has 2 atom stereocenters. The number of hydrogen-bond acceptors (Lipinski definition) is 4. The van der Waals surface area contributed by atoms with Crippen LogP contribution in [0, 0.1) is 17.2 Å². The first-order valence-electron chi connectivity index (χ1n) is 12.6. The number of carbonyl (C=O) groups is 3. The average molecular weight is 496 g/mol. The summed E-state index contributed by atoms with van der Waals surface area (Å²) in [5, 5.41) is 5.82. The molecule has 1 heterocycles. The molecule has 2 aromatic rings. The third-order valence-electron chi connectivity index (χ3n) is 7.30. The highest BCUT2D eigenvalue weighted by atomic mass is 19.1. The standard InChI is InChI=1S/C28H34FN3O4/c1-19(2)25(31-27(35)36-18-20-7-4-3-5-8-20)26(34)30-23-17-28(23)11-13-32(14-12-28)24(33)16-21-9-6-10-22(29)15-21/h3-10,15,19,23,25H,11-14,16-18H2,1-2H3,(H,30,34)(H,31,35)/t23?,25-/m1/s1. The van der Waals surface area contributed by atoms with Gasteiger partial charge >= 0.3 is 6.09 Å². The fourth-order valence-corrected chi connectivity index (χ4v) is 4.93. The number of rotatable bonds is 8. The molecule has 7 nitrogen and oxygen atoms in total. The normalized spacial score (nSPS) is 19.0. The molecule has 3 amide bonds. The first-order chi connectivity index (χ1) is 17.3. The molecule has 1 saturated heterocycles. The van der Waals surface area contributed by atoms with Gasteiger partial charge in [0, 0.05) is 19.1 Å². The number of nitrogens with one attached hydrogen (secondary N) is 2. The zero-order valence-electron chi connectivity index (χ0n) is 20.8. The topological polar surface area (TPSA) is 87.7 Å². The van der Waals surface area contributed by atoms with E-state index in [2.05, 4.69) is 10.6 Å². The molecule has 0 bridgehead atoms. The van der Waals surface area contributed by atoms with Gasteiger partial charge in [0.05, 0.1) is 6.42 Å². The van der Waals surface area contributed by atoms with E-state index in [4.69, 9.17) is 4.74 Å². The van der Waals surface area contributed by atoms with E-state index in [-0.39, 0.29) is 48.0 Å². The highest BCUT2D eigenvalue weighted by Crippen LogP contribution is 2.54. The maximum Gasteiger partial charge on any atom is 0.408 e. The third kappa shape index (κ3) is 6.42. The molecule has 1 aliphatic heterocycles. The number of nitrogens with zero attached hydrogens (tertiary/aromatic N) is 1. The van der Waals surface area contributed by atoms with Gasteiger partial charge in [0.2, 0.25) is 11.8 Å². The molecule has 8 heteroatoms. The first kappa shape index (κ1) is 25.7. The smallest absolute Gasteiger partial charge is 0.408 e. The third-order valence-corrected chi connectivity index (χ3v) is 7.30. The van der Waals surface area contributed by atoms with Crippen LogP contribution in [0.3, 0.4) is 0 Å². The fraction of sp³-hybridized carbons (Fsp3) is 0.464. The van der Waals surface area contributed by atoms with E-state index in [0.29, 0.717) is 18.7 Å². The van der Waals surface area contributed by atoms with Gasteiger partial charge in [-0.15, -0.1) is 0 Å². The van der Waals surface area contributed by atoms with E-state index >= 15 is 0 Å². The van der Waals surface area contributed by atoms with Crippen molar-refractivity contribution in [2.45, 2.75) is 58.2 Å². The van der Waals surface area contributed by atoms with E-state index in [9.17, 15) is 18.8 Å². The van der Waals surface area contributed by atoms with Gasteiger partial charge in [-0.2, -0.15) is 0 Å². The Morgan fingerprint density at radius 3 is 2.42 bits per heavy atom. The minimum atomic E-state index is -0.696. The second-order valence-electron chi connectivity index (χ2n) is 10.2. The lowest BCUT2D eigenvalue weighted by molar-refractivity contribution is -0.132. The van der Waals surface area contributed by atoms with Crippen molar-refractivity contribution in [1.82, 2.24) is 15.5 Å². The summed E-state index contributed by atoms with van der Waals surface area (Å²) in [5.74, 6) is -0.665. The summed E-state index contributed by atoms with van der Waals surface area (Å²) in [7, 11) is 0. The number of ether oxygens (including phenoxy) is 1. The van der Waals surface area contributed by atoms with Gasteiger partial charge in [0.1, 0.15) is 18.5 Å². The van der Waals surface area contributed by atoms with Crippen LogP contribution < -0.4 is 10.6 Å². The number of piperidine rings is 1. The molecule has 1 unspecified atom stereocenters. The number of benzene rings is 2. The van der Waals surface area contributed by atoms with Crippen molar-refractivity contribution in [2.75, 3.05) is 13.1 Å². The van der Waals surface area contributed by atoms with Gasteiger partial charge in [0.25, 0.3) is 0 Å². The van der Waals surface area contributed by atoms with Crippen LogP contribution in [-0.4, -0.2) is 48.0 Å². The lowest BCUT2D eigenvalue weighted by Gasteiger charge is -2.33. The molecular formula is C28H34FN3O4. The number of likely N-dealkylation sites (tertiary alicyclic amines) is 1. The zero-order valence-corrected chi connectivity index (χ0v) is 20.8. The van der Waals surface area contributed by atoms with E-state index < -0.39 is 12.1 Å².